The first-order valence-electron chi connectivity index (χ1n) is 11.1. The molecule has 0 aromatic heterocycles. The van der Waals surface area contributed by atoms with Crippen molar-refractivity contribution in [1.82, 2.24) is 5.32 Å². The Kier molecular flexibility index (Phi) is 5.97. The molecule has 8 heteroatoms. The molecule has 0 radical (unpaired) electrons. The van der Waals surface area contributed by atoms with Crippen LogP contribution in [0.15, 0.2) is 66.2 Å². The van der Waals surface area contributed by atoms with Gasteiger partial charge in [0.2, 0.25) is 0 Å². The van der Waals surface area contributed by atoms with E-state index in [2.05, 4.69) is 5.32 Å². The summed E-state index contributed by atoms with van der Waals surface area (Å²) in [5.41, 5.74) is 0.526. The number of amides is 2. The van der Waals surface area contributed by atoms with Crippen LogP contribution in [-0.2, 0) is 19.1 Å². The number of para-hydroxylation sites is 1. The van der Waals surface area contributed by atoms with E-state index in [0.717, 1.165) is 25.7 Å². The molecule has 1 saturated carbocycles. The van der Waals surface area contributed by atoms with E-state index < -0.39 is 23.7 Å². The molecular weight excluding hydrogens is 440 g/mol. The molecule has 1 spiro atoms. The Morgan fingerprint density at radius 3 is 2.42 bits per heavy atom. The van der Waals surface area contributed by atoms with Crippen LogP contribution in [0.25, 0.3) is 0 Å². The molecule has 33 heavy (non-hydrogen) atoms. The van der Waals surface area contributed by atoms with E-state index in [-0.39, 0.29) is 10.7 Å². The molecule has 5 rings (SSSR count). The number of ether oxygens (including phenoxy) is 3. The third-order valence-electron chi connectivity index (χ3n) is 6.02. The summed E-state index contributed by atoms with van der Waals surface area (Å²) < 4.78 is 17.9. The number of thiocarbonyl (C=S) groups is 1. The zero-order chi connectivity index (χ0) is 22.8. The average Bonchev–Trinajstić information content (AvgIpc) is 3.20. The van der Waals surface area contributed by atoms with Gasteiger partial charge in [-0.05, 0) is 67.5 Å². The van der Waals surface area contributed by atoms with Crippen molar-refractivity contribution in [2.75, 3.05) is 11.5 Å². The average molecular weight is 465 g/mol. The van der Waals surface area contributed by atoms with E-state index in [1.54, 1.807) is 30.3 Å². The summed E-state index contributed by atoms with van der Waals surface area (Å²) in [4.78, 5) is 27.1. The zero-order valence-corrected chi connectivity index (χ0v) is 18.8. The van der Waals surface area contributed by atoms with Crippen LogP contribution in [0, 0.1) is 0 Å². The summed E-state index contributed by atoms with van der Waals surface area (Å²) in [6.45, 7) is 0.319. The van der Waals surface area contributed by atoms with Crippen LogP contribution in [0.2, 0.25) is 0 Å². The number of nitrogens with one attached hydrogen (secondary N) is 1. The van der Waals surface area contributed by atoms with E-state index >= 15 is 0 Å². The molecule has 7 nitrogen and oxygen atoms in total. The molecule has 0 unspecified atom stereocenters. The minimum atomic E-state index is -0.586. The highest BCUT2D eigenvalue weighted by molar-refractivity contribution is 7.80. The van der Waals surface area contributed by atoms with Crippen LogP contribution in [0.1, 0.15) is 32.1 Å². The number of carbonyl (C=O) groups excluding carboxylic acids is 2. The zero-order valence-electron chi connectivity index (χ0n) is 18.0. The highest BCUT2D eigenvalue weighted by atomic mass is 32.1. The maximum absolute atomic E-state index is 13.3. The summed E-state index contributed by atoms with van der Waals surface area (Å²) in [7, 11) is 0. The normalized spacial score (nSPS) is 23.8. The van der Waals surface area contributed by atoms with Gasteiger partial charge in [-0.3, -0.25) is 19.8 Å². The lowest BCUT2D eigenvalue weighted by Crippen LogP contribution is -2.54. The Morgan fingerprint density at radius 2 is 1.70 bits per heavy atom. The molecule has 170 valence electrons. The summed E-state index contributed by atoms with van der Waals surface area (Å²) in [5, 5.41) is 2.64. The summed E-state index contributed by atoms with van der Waals surface area (Å²) >= 11 is 5.29. The fourth-order valence-corrected chi connectivity index (χ4v) is 4.68. The number of benzene rings is 2. The molecule has 2 amide bonds. The highest BCUT2D eigenvalue weighted by Crippen LogP contribution is 2.38. The van der Waals surface area contributed by atoms with Crippen LogP contribution < -0.4 is 15.0 Å². The molecule has 2 heterocycles. The van der Waals surface area contributed by atoms with E-state index in [1.807, 2.05) is 30.3 Å². The lowest BCUT2D eigenvalue weighted by atomic mass is 9.94. The summed E-state index contributed by atoms with van der Waals surface area (Å²) in [5.74, 6) is -0.277. The number of carbonyl (C=O) groups is 2. The maximum Gasteiger partial charge on any atom is 0.269 e. The van der Waals surface area contributed by atoms with Gasteiger partial charge in [-0.2, -0.15) is 0 Å². The van der Waals surface area contributed by atoms with Crippen molar-refractivity contribution < 1.29 is 23.8 Å². The Balaban J connectivity index is 1.33. The lowest BCUT2D eigenvalue weighted by molar-refractivity contribution is -0.183. The first kappa shape index (κ1) is 21.8. The minimum absolute atomic E-state index is 0.00493. The van der Waals surface area contributed by atoms with Gasteiger partial charge < -0.3 is 14.2 Å². The smallest absolute Gasteiger partial charge is 0.269 e. The molecular formula is C25H24N2O5S. The van der Waals surface area contributed by atoms with Gasteiger partial charge in [0, 0.05) is 12.8 Å². The quantitative estimate of drug-likeness (QED) is 0.415. The van der Waals surface area contributed by atoms with Crippen molar-refractivity contribution in [1.29, 1.82) is 0 Å². The van der Waals surface area contributed by atoms with Gasteiger partial charge in [0.15, 0.2) is 10.9 Å². The second-order valence-electron chi connectivity index (χ2n) is 8.33. The maximum atomic E-state index is 13.3. The standard InChI is InChI=1S/C25H24N2O5S/c28-22-21(15-20-16-30-25(32-20)13-5-2-6-14-25)23(29)27(24(33)26-22)17-9-11-19(12-10-17)31-18-7-3-1-4-8-18/h1,3-4,7-12,15,20H,2,5-6,13-14,16H2,(H,26,28,33)/b21-15-/t20-/m1/s1. The van der Waals surface area contributed by atoms with Crippen LogP contribution in [-0.4, -0.2) is 35.4 Å². The minimum Gasteiger partial charge on any atom is -0.457 e. The molecule has 0 bridgehead atoms. The van der Waals surface area contributed by atoms with Gasteiger partial charge in [0.25, 0.3) is 11.8 Å². The van der Waals surface area contributed by atoms with Crippen LogP contribution >= 0.6 is 12.2 Å². The van der Waals surface area contributed by atoms with Crippen molar-refractivity contribution in [3.63, 3.8) is 0 Å². The van der Waals surface area contributed by atoms with Gasteiger partial charge >= 0.3 is 0 Å². The Hall–Kier alpha value is -3.07. The molecule has 1 N–H and O–H groups in total. The predicted molar refractivity (Wildman–Crippen MR) is 126 cm³/mol. The Bertz CT molecular complexity index is 1090. The highest BCUT2D eigenvalue weighted by Gasteiger charge is 2.43. The van der Waals surface area contributed by atoms with Crippen molar-refractivity contribution in [2.45, 2.75) is 44.0 Å². The van der Waals surface area contributed by atoms with Gasteiger partial charge in [-0.25, -0.2) is 0 Å². The third kappa shape index (κ3) is 4.55. The van der Waals surface area contributed by atoms with E-state index in [9.17, 15) is 9.59 Å². The first-order valence-corrected chi connectivity index (χ1v) is 11.5. The predicted octanol–water partition coefficient (Wildman–Crippen LogP) is 4.23. The molecule has 2 aromatic rings. The van der Waals surface area contributed by atoms with Gasteiger partial charge in [-0.1, -0.05) is 24.6 Å². The van der Waals surface area contributed by atoms with Gasteiger partial charge in [-0.15, -0.1) is 0 Å². The monoisotopic (exact) mass is 464 g/mol. The number of nitrogens with zero attached hydrogens (tertiary/aromatic N) is 1. The van der Waals surface area contributed by atoms with Crippen LogP contribution in [0.5, 0.6) is 11.5 Å². The van der Waals surface area contributed by atoms with Crippen molar-refractivity contribution in [2.24, 2.45) is 0 Å². The van der Waals surface area contributed by atoms with E-state index in [1.165, 1.54) is 11.3 Å². The molecule has 3 fully saturated rings. The fourth-order valence-electron chi connectivity index (χ4n) is 4.40. The largest absolute Gasteiger partial charge is 0.457 e. The summed E-state index contributed by atoms with van der Waals surface area (Å²) in [6.07, 6.45) is 6.04. The van der Waals surface area contributed by atoms with Crippen molar-refractivity contribution >= 4 is 34.8 Å². The van der Waals surface area contributed by atoms with E-state index in [4.69, 9.17) is 26.4 Å². The van der Waals surface area contributed by atoms with Gasteiger partial charge in [0.1, 0.15) is 23.2 Å². The fraction of sp³-hybridized carbons (Fsp3) is 0.320. The molecule has 2 aliphatic heterocycles. The van der Waals surface area contributed by atoms with Gasteiger partial charge in [0.05, 0.1) is 12.3 Å². The van der Waals surface area contributed by atoms with E-state index in [0.29, 0.717) is 23.8 Å². The Labute approximate surface area is 197 Å². The molecule has 2 aromatic carbocycles. The second-order valence-corrected chi connectivity index (χ2v) is 8.71. The Morgan fingerprint density at radius 1 is 1.00 bits per heavy atom. The molecule has 3 aliphatic rings. The van der Waals surface area contributed by atoms with Crippen LogP contribution in [0.4, 0.5) is 5.69 Å². The second kappa shape index (κ2) is 9.05. The van der Waals surface area contributed by atoms with Crippen molar-refractivity contribution in [3.8, 4) is 11.5 Å². The molecule has 1 aliphatic carbocycles. The first-order chi connectivity index (χ1) is 16.0. The van der Waals surface area contributed by atoms with Crippen molar-refractivity contribution in [3.05, 3.63) is 66.2 Å². The SMILES string of the molecule is O=C1NC(=S)N(c2ccc(Oc3ccccc3)cc2)C(=O)/C1=C\[C@@H]1COC2(CCCCC2)O1. The molecule has 2 saturated heterocycles. The summed E-state index contributed by atoms with van der Waals surface area (Å²) in [6, 6.07) is 16.4. The lowest BCUT2D eigenvalue weighted by Gasteiger charge is -2.32. The van der Waals surface area contributed by atoms with Crippen LogP contribution in [0.3, 0.4) is 0 Å². The third-order valence-corrected chi connectivity index (χ3v) is 6.30. The number of hydrogen-bond acceptors (Lipinski definition) is 6. The number of rotatable bonds is 4. The number of hydrogen-bond donors (Lipinski definition) is 1. The topological polar surface area (TPSA) is 77.1 Å². The number of anilines is 1. The molecule has 1 atom stereocenters.